The van der Waals surface area contributed by atoms with Crippen molar-refractivity contribution in [2.75, 3.05) is 12.5 Å². The molecule has 0 aromatic carbocycles. The molecule has 2 rings (SSSR count). The van der Waals surface area contributed by atoms with E-state index in [4.69, 9.17) is 10.6 Å². The quantitative estimate of drug-likeness (QED) is 0.517. The number of hydrogen-bond acceptors (Lipinski definition) is 7. The highest BCUT2D eigenvalue weighted by molar-refractivity contribution is 7.89. The Morgan fingerprint density at radius 1 is 1.29 bits per heavy atom. The number of nitrogens with two attached hydrogens (primary N) is 1. The van der Waals surface area contributed by atoms with Gasteiger partial charge in [0.1, 0.15) is 4.90 Å². The minimum atomic E-state index is -3.73. The molecule has 2 aromatic heterocycles. The lowest BCUT2D eigenvalue weighted by atomic mass is 10.3. The van der Waals surface area contributed by atoms with Crippen LogP contribution in [-0.4, -0.2) is 25.5 Å². The van der Waals surface area contributed by atoms with Crippen LogP contribution in [0.15, 0.2) is 41.7 Å². The van der Waals surface area contributed by atoms with E-state index in [0.717, 1.165) is 0 Å². The van der Waals surface area contributed by atoms with E-state index in [0.29, 0.717) is 11.4 Å². The van der Waals surface area contributed by atoms with Crippen LogP contribution in [0.1, 0.15) is 5.56 Å². The number of anilines is 1. The Bertz CT molecular complexity index is 703. The van der Waals surface area contributed by atoms with Gasteiger partial charge in [-0.1, -0.05) is 6.07 Å². The molecule has 0 bridgehead atoms. The van der Waals surface area contributed by atoms with Crippen molar-refractivity contribution in [3.05, 3.63) is 42.4 Å². The van der Waals surface area contributed by atoms with Gasteiger partial charge in [0.15, 0.2) is 0 Å². The molecule has 0 aliphatic carbocycles. The Balaban J connectivity index is 2.13. The summed E-state index contributed by atoms with van der Waals surface area (Å²) in [5, 5.41) is 0. The molecule has 2 aromatic rings. The molecule has 0 spiro atoms. The van der Waals surface area contributed by atoms with Crippen LogP contribution in [0.4, 0.5) is 5.69 Å². The number of nitrogens with zero attached hydrogens (tertiary/aromatic N) is 2. The van der Waals surface area contributed by atoms with E-state index in [1.165, 1.54) is 31.8 Å². The summed E-state index contributed by atoms with van der Waals surface area (Å²) in [6.07, 6.45) is 4.21. The summed E-state index contributed by atoms with van der Waals surface area (Å²) < 4.78 is 31.8. The van der Waals surface area contributed by atoms with Gasteiger partial charge in [-0.25, -0.2) is 18.1 Å². The van der Waals surface area contributed by atoms with Gasteiger partial charge in [-0.2, -0.15) is 0 Å². The molecule has 0 aliphatic rings. The third-order valence-corrected chi connectivity index (χ3v) is 4.13. The maximum atomic E-state index is 12.2. The number of rotatable bonds is 6. The summed E-state index contributed by atoms with van der Waals surface area (Å²) in [6, 6.07) is 4.85. The predicted octanol–water partition coefficient (Wildman–Crippen LogP) is 0.249. The summed E-state index contributed by atoms with van der Waals surface area (Å²) in [7, 11) is -2.22. The smallest absolute Gasteiger partial charge is 0.244 e. The Hall–Kier alpha value is -2.23. The maximum Gasteiger partial charge on any atom is 0.244 e. The van der Waals surface area contributed by atoms with Gasteiger partial charge in [0.05, 0.1) is 12.8 Å². The van der Waals surface area contributed by atoms with E-state index in [1.807, 2.05) is 0 Å². The molecule has 0 saturated heterocycles. The van der Waals surface area contributed by atoms with Crippen LogP contribution in [0.25, 0.3) is 0 Å². The highest BCUT2D eigenvalue weighted by Crippen LogP contribution is 2.18. The largest absolute Gasteiger partial charge is 0.481 e. The lowest BCUT2D eigenvalue weighted by molar-refractivity contribution is 0.397. The van der Waals surface area contributed by atoms with E-state index in [9.17, 15) is 8.42 Å². The summed E-state index contributed by atoms with van der Waals surface area (Å²) in [5.74, 6) is 5.75. The van der Waals surface area contributed by atoms with E-state index < -0.39 is 10.0 Å². The van der Waals surface area contributed by atoms with E-state index >= 15 is 0 Å². The topological polar surface area (TPSA) is 119 Å². The summed E-state index contributed by atoms with van der Waals surface area (Å²) in [6.45, 7) is 0.0955. The first-order chi connectivity index (χ1) is 10.1. The second kappa shape index (κ2) is 6.48. The van der Waals surface area contributed by atoms with Gasteiger partial charge in [-0.15, -0.1) is 0 Å². The number of methoxy groups -OCH3 is 1. The molecular weight excluding hydrogens is 294 g/mol. The maximum absolute atomic E-state index is 12.2. The van der Waals surface area contributed by atoms with E-state index in [-0.39, 0.29) is 17.1 Å². The first kappa shape index (κ1) is 15.2. The first-order valence-electron chi connectivity index (χ1n) is 5.96. The average molecular weight is 309 g/mol. The zero-order valence-corrected chi connectivity index (χ0v) is 12.1. The third kappa shape index (κ3) is 3.66. The van der Waals surface area contributed by atoms with Crippen molar-refractivity contribution in [2.24, 2.45) is 5.84 Å². The van der Waals surface area contributed by atoms with Gasteiger partial charge in [0.25, 0.3) is 0 Å². The third-order valence-electron chi connectivity index (χ3n) is 2.70. The fraction of sp³-hybridized carbons (Fsp3) is 0.167. The van der Waals surface area contributed by atoms with Crippen molar-refractivity contribution in [3.8, 4) is 5.88 Å². The van der Waals surface area contributed by atoms with Gasteiger partial charge in [-0.3, -0.25) is 10.8 Å². The normalized spacial score (nSPS) is 11.1. The Labute approximate surface area is 122 Å². The molecule has 0 saturated carbocycles. The van der Waals surface area contributed by atoms with Crippen LogP contribution in [-0.2, 0) is 16.6 Å². The molecular formula is C12H15N5O3S. The van der Waals surface area contributed by atoms with Crippen LogP contribution >= 0.6 is 0 Å². The molecule has 2 heterocycles. The molecule has 9 heteroatoms. The van der Waals surface area contributed by atoms with E-state index in [2.05, 4.69) is 20.1 Å². The minimum Gasteiger partial charge on any atom is -0.481 e. The summed E-state index contributed by atoms with van der Waals surface area (Å²) >= 11 is 0. The van der Waals surface area contributed by atoms with Crippen molar-refractivity contribution in [1.82, 2.24) is 14.7 Å². The van der Waals surface area contributed by atoms with Crippen molar-refractivity contribution < 1.29 is 13.2 Å². The molecule has 8 nitrogen and oxygen atoms in total. The SMILES string of the molecule is COc1ccc(CNS(=O)(=O)c2cnccc2NN)cn1. The van der Waals surface area contributed by atoms with Crippen LogP contribution in [0.5, 0.6) is 5.88 Å². The molecule has 112 valence electrons. The number of aromatic nitrogens is 2. The minimum absolute atomic E-state index is 0.0195. The molecule has 0 radical (unpaired) electrons. The second-order valence-electron chi connectivity index (χ2n) is 4.05. The van der Waals surface area contributed by atoms with Gasteiger partial charge in [0, 0.05) is 31.2 Å². The monoisotopic (exact) mass is 309 g/mol. The molecule has 0 fully saturated rings. The lowest BCUT2D eigenvalue weighted by Gasteiger charge is -2.10. The summed E-state index contributed by atoms with van der Waals surface area (Å²) in [4.78, 5) is 7.78. The Kier molecular flexibility index (Phi) is 4.68. The first-order valence-corrected chi connectivity index (χ1v) is 7.44. The van der Waals surface area contributed by atoms with Crippen LogP contribution in [0, 0.1) is 0 Å². The second-order valence-corrected chi connectivity index (χ2v) is 5.78. The highest BCUT2D eigenvalue weighted by Gasteiger charge is 2.18. The van der Waals surface area contributed by atoms with E-state index in [1.54, 1.807) is 12.1 Å². The highest BCUT2D eigenvalue weighted by atomic mass is 32.2. The Morgan fingerprint density at radius 3 is 2.71 bits per heavy atom. The number of hydrogen-bond donors (Lipinski definition) is 3. The predicted molar refractivity (Wildman–Crippen MR) is 76.9 cm³/mol. The number of ether oxygens (including phenoxy) is 1. The molecule has 0 unspecified atom stereocenters. The molecule has 0 aliphatic heterocycles. The van der Waals surface area contributed by atoms with Gasteiger partial charge in [0.2, 0.25) is 15.9 Å². The molecule has 21 heavy (non-hydrogen) atoms. The number of nitrogen functional groups attached to an aromatic ring is 1. The zero-order valence-electron chi connectivity index (χ0n) is 11.3. The zero-order chi connectivity index (χ0) is 15.3. The van der Waals surface area contributed by atoms with Crippen molar-refractivity contribution in [3.63, 3.8) is 0 Å². The van der Waals surface area contributed by atoms with Crippen LogP contribution in [0.2, 0.25) is 0 Å². The van der Waals surface area contributed by atoms with Gasteiger partial charge < -0.3 is 10.2 Å². The van der Waals surface area contributed by atoms with Crippen molar-refractivity contribution in [2.45, 2.75) is 11.4 Å². The lowest BCUT2D eigenvalue weighted by Crippen LogP contribution is -2.25. The summed E-state index contributed by atoms with van der Waals surface area (Å²) in [5.41, 5.74) is 3.30. The van der Waals surface area contributed by atoms with Gasteiger partial charge in [-0.05, 0) is 11.6 Å². The Morgan fingerprint density at radius 2 is 2.10 bits per heavy atom. The van der Waals surface area contributed by atoms with Crippen LogP contribution in [0.3, 0.4) is 0 Å². The average Bonchev–Trinajstić information content (AvgIpc) is 2.53. The number of hydrazine groups is 1. The molecule has 4 N–H and O–H groups in total. The fourth-order valence-corrected chi connectivity index (χ4v) is 2.73. The standard InChI is InChI=1S/C12H15N5O3S/c1-20-12-3-2-9(6-15-12)7-16-21(18,19)11-8-14-5-4-10(11)17-13/h2-6,8,16H,7,13H2,1H3,(H,14,17). The van der Waals surface area contributed by atoms with Gasteiger partial charge >= 0.3 is 0 Å². The number of pyridine rings is 2. The molecule has 0 atom stereocenters. The van der Waals surface area contributed by atoms with Crippen molar-refractivity contribution in [1.29, 1.82) is 0 Å². The molecule has 0 amide bonds. The fourth-order valence-electron chi connectivity index (χ4n) is 1.61. The number of sulfonamides is 1. The number of nitrogens with one attached hydrogen (secondary N) is 2. The van der Waals surface area contributed by atoms with Crippen molar-refractivity contribution >= 4 is 15.7 Å². The van der Waals surface area contributed by atoms with Crippen LogP contribution < -0.4 is 20.7 Å².